The van der Waals surface area contributed by atoms with Crippen LogP contribution in [0.3, 0.4) is 0 Å². The van der Waals surface area contributed by atoms with Crippen molar-refractivity contribution in [3.8, 4) is 0 Å². The van der Waals surface area contributed by atoms with Crippen molar-refractivity contribution in [2.45, 2.75) is 30.9 Å². The van der Waals surface area contributed by atoms with Gasteiger partial charge in [0.2, 0.25) is 0 Å². The van der Waals surface area contributed by atoms with Gasteiger partial charge in [-0.2, -0.15) is 0 Å². The number of nitrogens with one attached hydrogen (secondary N) is 1. The normalized spacial score (nSPS) is 29.7. The smallest absolute Gasteiger partial charge is 0.106 e. The summed E-state index contributed by atoms with van der Waals surface area (Å²) in [5, 5.41) is 4.46. The fourth-order valence-corrected chi connectivity index (χ4v) is 3.22. The van der Waals surface area contributed by atoms with Crippen molar-refractivity contribution in [3.63, 3.8) is 0 Å². The molecule has 1 aliphatic heterocycles. The SMILES string of the molecule is COC1(CNC2Cc3ccc(Cl)cc3C2)CCOC1. The third-order valence-corrected chi connectivity index (χ3v) is 4.55. The first-order valence-corrected chi connectivity index (χ1v) is 7.22. The number of halogens is 1. The van der Waals surface area contributed by atoms with Gasteiger partial charge >= 0.3 is 0 Å². The Bertz CT molecular complexity index is 457. The lowest BCUT2D eigenvalue weighted by atomic mass is 10.0. The largest absolute Gasteiger partial charge is 0.378 e. The maximum atomic E-state index is 6.04. The van der Waals surface area contributed by atoms with Crippen LogP contribution in [0.15, 0.2) is 18.2 Å². The number of benzene rings is 1. The van der Waals surface area contributed by atoms with E-state index in [-0.39, 0.29) is 5.60 Å². The molecule has 1 aromatic carbocycles. The molecule has 19 heavy (non-hydrogen) atoms. The highest BCUT2D eigenvalue weighted by molar-refractivity contribution is 6.30. The molecule has 3 nitrogen and oxygen atoms in total. The number of rotatable bonds is 4. The second-order valence-electron chi connectivity index (χ2n) is 5.59. The first kappa shape index (κ1) is 13.4. The van der Waals surface area contributed by atoms with E-state index in [0.29, 0.717) is 12.6 Å². The summed E-state index contributed by atoms with van der Waals surface area (Å²) in [5.41, 5.74) is 2.65. The van der Waals surface area contributed by atoms with Gasteiger partial charge in [0.15, 0.2) is 0 Å². The van der Waals surface area contributed by atoms with Crippen LogP contribution >= 0.6 is 11.6 Å². The standard InChI is InChI=1S/C15H20ClNO2/c1-18-15(4-5-19-10-15)9-17-14-7-11-2-3-13(16)6-12(11)8-14/h2-3,6,14,17H,4-5,7-10H2,1H3. The Kier molecular flexibility index (Phi) is 3.81. The second kappa shape index (κ2) is 5.41. The monoisotopic (exact) mass is 281 g/mol. The van der Waals surface area contributed by atoms with E-state index in [1.807, 2.05) is 6.07 Å². The minimum absolute atomic E-state index is 0.133. The lowest BCUT2D eigenvalue weighted by molar-refractivity contribution is -0.0173. The van der Waals surface area contributed by atoms with Gasteiger partial charge in [-0.05, 0) is 36.1 Å². The van der Waals surface area contributed by atoms with Gasteiger partial charge in [0.1, 0.15) is 5.60 Å². The Morgan fingerprint density at radius 3 is 3.00 bits per heavy atom. The zero-order valence-electron chi connectivity index (χ0n) is 11.2. The van der Waals surface area contributed by atoms with Gasteiger partial charge in [-0.25, -0.2) is 0 Å². The summed E-state index contributed by atoms with van der Waals surface area (Å²) < 4.78 is 11.1. The molecule has 0 aromatic heterocycles. The summed E-state index contributed by atoms with van der Waals surface area (Å²) >= 11 is 6.04. The molecule has 4 heteroatoms. The van der Waals surface area contributed by atoms with Crippen LogP contribution in [0.4, 0.5) is 0 Å². The average Bonchev–Trinajstić information content (AvgIpc) is 3.02. The van der Waals surface area contributed by atoms with Crippen molar-refractivity contribution >= 4 is 11.6 Å². The predicted molar refractivity (Wildman–Crippen MR) is 75.8 cm³/mol. The second-order valence-corrected chi connectivity index (χ2v) is 6.03. The Hall–Kier alpha value is -0.610. The van der Waals surface area contributed by atoms with Crippen LogP contribution in [0.2, 0.25) is 5.02 Å². The van der Waals surface area contributed by atoms with Crippen LogP contribution in [0.5, 0.6) is 0 Å². The molecule has 1 fully saturated rings. The molecule has 1 saturated heterocycles. The van der Waals surface area contributed by atoms with Crippen molar-refractivity contribution in [3.05, 3.63) is 34.3 Å². The van der Waals surface area contributed by atoms with E-state index < -0.39 is 0 Å². The third kappa shape index (κ3) is 2.79. The zero-order chi connectivity index (χ0) is 13.3. The minimum Gasteiger partial charge on any atom is -0.378 e. The van der Waals surface area contributed by atoms with Crippen LogP contribution in [-0.2, 0) is 22.3 Å². The summed E-state index contributed by atoms with van der Waals surface area (Å²) in [4.78, 5) is 0. The van der Waals surface area contributed by atoms with E-state index in [1.54, 1.807) is 7.11 Å². The van der Waals surface area contributed by atoms with Crippen LogP contribution < -0.4 is 5.32 Å². The third-order valence-electron chi connectivity index (χ3n) is 4.31. The minimum atomic E-state index is -0.133. The summed E-state index contributed by atoms with van der Waals surface area (Å²) in [7, 11) is 1.78. The summed E-state index contributed by atoms with van der Waals surface area (Å²) in [5.74, 6) is 0. The van der Waals surface area contributed by atoms with Gasteiger partial charge in [0.25, 0.3) is 0 Å². The topological polar surface area (TPSA) is 30.5 Å². The molecule has 1 N–H and O–H groups in total. The van der Waals surface area contributed by atoms with Crippen molar-refractivity contribution in [1.82, 2.24) is 5.32 Å². The van der Waals surface area contributed by atoms with E-state index in [9.17, 15) is 0 Å². The van der Waals surface area contributed by atoms with Crippen LogP contribution in [0, 0.1) is 0 Å². The van der Waals surface area contributed by atoms with E-state index in [1.165, 1.54) is 11.1 Å². The molecule has 1 aliphatic carbocycles. The lowest BCUT2D eigenvalue weighted by Crippen LogP contribution is -2.46. The molecule has 1 aromatic rings. The van der Waals surface area contributed by atoms with E-state index in [4.69, 9.17) is 21.1 Å². The molecule has 104 valence electrons. The van der Waals surface area contributed by atoms with Crippen molar-refractivity contribution in [2.75, 3.05) is 26.9 Å². The quantitative estimate of drug-likeness (QED) is 0.918. The fraction of sp³-hybridized carbons (Fsp3) is 0.600. The lowest BCUT2D eigenvalue weighted by Gasteiger charge is -2.27. The number of methoxy groups -OCH3 is 1. The highest BCUT2D eigenvalue weighted by atomic mass is 35.5. The van der Waals surface area contributed by atoms with Crippen molar-refractivity contribution in [2.24, 2.45) is 0 Å². The average molecular weight is 282 g/mol. The van der Waals surface area contributed by atoms with Crippen molar-refractivity contribution < 1.29 is 9.47 Å². The first-order valence-electron chi connectivity index (χ1n) is 6.84. The molecule has 0 bridgehead atoms. The van der Waals surface area contributed by atoms with Gasteiger partial charge in [-0.1, -0.05) is 17.7 Å². The van der Waals surface area contributed by atoms with Gasteiger partial charge in [-0.15, -0.1) is 0 Å². The fourth-order valence-electron chi connectivity index (χ4n) is 3.02. The Morgan fingerprint density at radius 1 is 1.42 bits per heavy atom. The number of ether oxygens (including phenoxy) is 2. The molecule has 0 amide bonds. The van der Waals surface area contributed by atoms with Crippen LogP contribution in [0.25, 0.3) is 0 Å². The molecule has 0 radical (unpaired) electrons. The van der Waals surface area contributed by atoms with Crippen LogP contribution in [0.1, 0.15) is 17.5 Å². The van der Waals surface area contributed by atoms with Gasteiger partial charge in [0.05, 0.1) is 6.61 Å². The summed E-state index contributed by atoms with van der Waals surface area (Å²) in [6, 6.07) is 6.69. The maximum absolute atomic E-state index is 6.04. The Balaban J connectivity index is 1.58. The summed E-state index contributed by atoms with van der Waals surface area (Å²) in [6.45, 7) is 2.36. The molecular weight excluding hydrogens is 262 g/mol. The molecule has 2 atom stereocenters. The highest BCUT2D eigenvalue weighted by Crippen LogP contribution is 2.27. The maximum Gasteiger partial charge on any atom is 0.106 e. The number of hydrogen-bond donors (Lipinski definition) is 1. The molecule has 0 saturated carbocycles. The van der Waals surface area contributed by atoms with Gasteiger partial charge < -0.3 is 14.8 Å². The molecule has 3 rings (SSSR count). The first-order chi connectivity index (χ1) is 9.21. The molecule has 0 spiro atoms. The number of fused-ring (bicyclic) bond motifs is 1. The van der Waals surface area contributed by atoms with Gasteiger partial charge in [-0.3, -0.25) is 0 Å². The van der Waals surface area contributed by atoms with Gasteiger partial charge in [0, 0.05) is 37.7 Å². The van der Waals surface area contributed by atoms with Crippen molar-refractivity contribution in [1.29, 1.82) is 0 Å². The Morgan fingerprint density at radius 2 is 2.26 bits per heavy atom. The number of hydrogen-bond acceptors (Lipinski definition) is 3. The molecule has 1 heterocycles. The highest BCUT2D eigenvalue weighted by Gasteiger charge is 2.35. The molecular formula is C15H20ClNO2. The molecule has 2 unspecified atom stereocenters. The van der Waals surface area contributed by atoms with Crippen LogP contribution in [-0.4, -0.2) is 38.5 Å². The van der Waals surface area contributed by atoms with E-state index in [2.05, 4.69) is 17.4 Å². The predicted octanol–water partition coefficient (Wildman–Crippen LogP) is 2.20. The Labute approximate surface area is 119 Å². The molecule has 2 aliphatic rings. The zero-order valence-corrected chi connectivity index (χ0v) is 12.0. The summed E-state index contributed by atoms with van der Waals surface area (Å²) in [6.07, 6.45) is 3.10. The van der Waals surface area contributed by atoms with E-state index in [0.717, 1.165) is 37.4 Å². The van der Waals surface area contributed by atoms with E-state index >= 15 is 0 Å².